The topological polar surface area (TPSA) is 65.9 Å². The van der Waals surface area contributed by atoms with E-state index in [1.54, 1.807) is 0 Å². The minimum absolute atomic E-state index is 0.0254. The van der Waals surface area contributed by atoms with E-state index >= 15 is 0 Å². The standard InChI is InChI=1S/C19H22F3N3O2/c1-23-19(24-10-14(12-26)13-6-3-2-4-7-13)25-11-15-16(20)8-5-9-17(15)27-18(21)22/h2-9,14,18,26H,10-12H2,1H3,(H2,23,24,25). The Morgan fingerprint density at radius 2 is 1.85 bits per heavy atom. The molecule has 2 aromatic rings. The maximum atomic E-state index is 14.0. The largest absolute Gasteiger partial charge is 0.434 e. The van der Waals surface area contributed by atoms with Gasteiger partial charge in [-0.2, -0.15) is 8.78 Å². The Balaban J connectivity index is 1.98. The van der Waals surface area contributed by atoms with Gasteiger partial charge in [0.2, 0.25) is 0 Å². The summed E-state index contributed by atoms with van der Waals surface area (Å²) in [6, 6.07) is 13.2. The highest BCUT2D eigenvalue weighted by Crippen LogP contribution is 2.23. The highest BCUT2D eigenvalue weighted by atomic mass is 19.3. The molecule has 8 heteroatoms. The van der Waals surface area contributed by atoms with Crippen molar-refractivity contribution in [2.45, 2.75) is 19.1 Å². The minimum Gasteiger partial charge on any atom is -0.434 e. The molecule has 0 aliphatic rings. The summed E-state index contributed by atoms with van der Waals surface area (Å²) in [5.74, 6) is -0.703. The van der Waals surface area contributed by atoms with Crippen molar-refractivity contribution in [3.8, 4) is 5.75 Å². The van der Waals surface area contributed by atoms with Crippen LogP contribution in [0.15, 0.2) is 53.5 Å². The zero-order chi connectivity index (χ0) is 19.6. The van der Waals surface area contributed by atoms with E-state index in [1.165, 1.54) is 25.2 Å². The molecule has 0 fully saturated rings. The van der Waals surface area contributed by atoms with E-state index in [-0.39, 0.29) is 30.4 Å². The van der Waals surface area contributed by atoms with Crippen molar-refractivity contribution in [1.29, 1.82) is 0 Å². The number of hydrogen-bond donors (Lipinski definition) is 3. The molecule has 0 saturated heterocycles. The van der Waals surface area contributed by atoms with Crippen LogP contribution in [-0.2, 0) is 6.54 Å². The third-order valence-corrected chi connectivity index (χ3v) is 3.96. The summed E-state index contributed by atoms with van der Waals surface area (Å²) in [7, 11) is 1.53. The molecule has 0 radical (unpaired) electrons. The first-order chi connectivity index (χ1) is 13.0. The number of guanidine groups is 1. The molecule has 0 amide bonds. The summed E-state index contributed by atoms with van der Waals surface area (Å²) in [6.45, 7) is -2.81. The van der Waals surface area contributed by atoms with E-state index in [2.05, 4.69) is 20.4 Å². The number of alkyl halides is 2. The van der Waals surface area contributed by atoms with Crippen molar-refractivity contribution in [2.24, 2.45) is 4.99 Å². The van der Waals surface area contributed by atoms with Crippen molar-refractivity contribution in [2.75, 3.05) is 20.2 Å². The van der Waals surface area contributed by atoms with Gasteiger partial charge in [-0.15, -0.1) is 0 Å². The lowest BCUT2D eigenvalue weighted by Crippen LogP contribution is -2.39. The van der Waals surface area contributed by atoms with Crippen LogP contribution in [0, 0.1) is 5.82 Å². The molecule has 2 rings (SSSR count). The molecule has 2 aromatic carbocycles. The minimum atomic E-state index is -3.04. The molecular formula is C19H22F3N3O2. The van der Waals surface area contributed by atoms with Crippen LogP contribution in [0.2, 0.25) is 0 Å². The highest BCUT2D eigenvalue weighted by molar-refractivity contribution is 5.79. The molecule has 5 nitrogen and oxygen atoms in total. The van der Waals surface area contributed by atoms with Gasteiger partial charge in [-0.3, -0.25) is 4.99 Å². The van der Waals surface area contributed by atoms with Crippen LogP contribution in [0.1, 0.15) is 17.0 Å². The zero-order valence-corrected chi connectivity index (χ0v) is 14.8. The Bertz CT molecular complexity index is 742. The molecule has 0 saturated carbocycles. The molecule has 0 spiro atoms. The fraction of sp³-hybridized carbons (Fsp3) is 0.316. The Labute approximate surface area is 155 Å². The number of ether oxygens (including phenoxy) is 1. The van der Waals surface area contributed by atoms with Crippen molar-refractivity contribution < 1.29 is 23.0 Å². The highest BCUT2D eigenvalue weighted by Gasteiger charge is 2.15. The first kappa shape index (κ1) is 20.6. The zero-order valence-electron chi connectivity index (χ0n) is 14.8. The molecule has 27 heavy (non-hydrogen) atoms. The molecule has 0 aliphatic carbocycles. The lowest BCUT2D eigenvalue weighted by Gasteiger charge is -2.19. The molecule has 0 heterocycles. The molecule has 0 bridgehead atoms. The maximum absolute atomic E-state index is 14.0. The number of aliphatic imine (C=N–C) groups is 1. The summed E-state index contributed by atoms with van der Waals surface area (Å²) in [5.41, 5.74) is 0.937. The predicted octanol–water partition coefficient (Wildman–Crippen LogP) is 2.87. The number of aliphatic hydroxyl groups excluding tert-OH is 1. The summed E-state index contributed by atoms with van der Waals surface area (Å²) in [6.07, 6.45) is 0. The van der Waals surface area contributed by atoms with Crippen LogP contribution < -0.4 is 15.4 Å². The van der Waals surface area contributed by atoms with E-state index in [0.29, 0.717) is 12.5 Å². The number of rotatable bonds is 8. The number of halogens is 3. The van der Waals surface area contributed by atoms with Gasteiger partial charge in [0.25, 0.3) is 0 Å². The number of hydrogen-bond acceptors (Lipinski definition) is 3. The van der Waals surface area contributed by atoms with Gasteiger partial charge in [0.1, 0.15) is 11.6 Å². The number of nitrogens with one attached hydrogen (secondary N) is 2. The Kier molecular flexibility index (Phi) is 7.94. The van der Waals surface area contributed by atoms with E-state index in [9.17, 15) is 18.3 Å². The quantitative estimate of drug-likeness (QED) is 0.486. The van der Waals surface area contributed by atoms with Crippen molar-refractivity contribution in [3.05, 3.63) is 65.5 Å². The predicted molar refractivity (Wildman–Crippen MR) is 97.5 cm³/mol. The van der Waals surface area contributed by atoms with E-state index < -0.39 is 12.4 Å². The SMILES string of the molecule is CN=C(NCc1c(F)cccc1OC(F)F)NCC(CO)c1ccccc1. The van der Waals surface area contributed by atoms with Gasteiger partial charge in [-0.25, -0.2) is 4.39 Å². The number of benzene rings is 2. The third kappa shape index (κ3) is 6.18. The lowest BCUT2D eigenvalue weighted by atomic mass is 10.0. The maximum Gasteiger partial charge on any atom is 0.387 e. The van der Waals surface area contributed by atoms with Gasteiger partial charge in [0.15, 0.2) is 5.96 Å². The molecule has 146 valence electrons. The van der Waals surface area contributed by atoms with Crippen molar-refractivity contribution in [1.82, 2.24) is 10.6 Å². The summed E-state index contributed by atoms with van der Waals surface area (Å²) < 4.78 is 43.3. The average Bonchev–Trinajstić information content (AvgIpc) is 2.66. The van der Waals surface area contributed by atoms with Gasteiger partial charge in [-0.1, -0.05) is 36.4 Å². The molecule has 1 atom stereocenters. The van der Waals surface area contributed by atoms with Gasteiger partial charge in [-0.05, 0) is 17.7 Å². The number of aliphatic hydroxyl groups is 1. The second-order valence-electron chi connectivity index (χ2n) is 5.69. The van der Waals surface area contributed by atoms with Gasteiger partial charge in [0.05, 0.1) is 6.61 Å². The summed E-state index contributed by atoms with van der Waals surface area (Å²) >= 11 is 0. The van der Waals surface area contributed by atoms with E-state index in [0.717, 1.165) is 5.56 Å². The molecule has 0 aromatic heterocycles. The molecule has 3 N–H and O–H groups in total. The first-order valence-electron chi connectivity index (χ1n) is 8.37. The smallest absolute Gasteiger partial charge is 0.387 e. The van der Waals surface area contributed by atoms with E-state index in [1.807, 2.05) is 30.3 Å². The monoisotopic (exact) mass is 381 g/mol. The van der Waals surface area contributed by atoms with Crippen LogP contribution in [0.3, 0.4) is 0 Å². The fourth-order valence-corrected chi connectivity index (χ4v) is 2.54. The summed E-state index contributed by atoms with van der Waals surface area (Å²) in [4.78, 5) is 4.02. The van der Waals surface area contributed by atoms with Crippen LogP contribution >= 0.6 is 0 Å². The van der Waals surface area contributed by atoms with Crippen LogP contribution in [0.4, 0.5) is 13.2 Å². The summed E-state index contributed by atoms with van der Waals surface area (Å²) in [5, 5.41) is 15.5. The van der Waals surface area contributed by atoms with Gasteiger partial charge < -0.3 is 20.5 Å². The normalized spacial score (nSPS) is 12.7. The van der Waals surface area contributed by atoms with Crippen molar-refractivity contribution in [3.63, 3.8) is 0 Å². The average molecular weight is 381 g/mol. The van der Waals surface area contributed by atoms with Crippen LogP contribution in [0.25, 0.3) is 0 Å². The number of nitrogens with zero attached hydrogens (tertiary/aromatic N) is 1. The second kappa shape index (κ2) is 10.4. The Morgan fingerprint density at radius 3 is 2.48 bits per heavy atom. The Morgan fingerprint density at radius 1 is 1.11 bits per heavy atom. The van der Waals surface area contributed by atoms with Crippen molar-refractivity contribution >= 4 is 5.96 Å². The van der Waals surface area contributed by atoms with E-state index in [4.69, 9.17) is 0 Å². The second-order valence-corrected chi connectivity index (χ2v) is 5.69. The van der Waals surface area contributed by atoms with Gasteiger partial charge in [0, 0.05) is 31.6 Å². The van der Waals surface area contributed by atoms with Crippen LogP contribution in [0.5, 0.6) is 5.75 Å². The van der Waals surface area contributed by atoms with Crippen LogP contribution in [-0.4, -0.2) is 37.9 Å². The van der Waals surface area contributed by atoms with Gasteiger partial charge >= 0.3 is 6.61 Å². The third-order valence-electron chi connectivity index (χ3n) is 3.96. The fourth-order valence-electron chi connectivity index (χ4n) is 2.54. The molecule has 1 unspecified atom stereocenters. The molecular weight excluding hydrogens is 359 g/mol. The molecule has 0 aliphatic heterocycles. The first-order valence-corrected chi connectivity index (χ1v) is 8.37. The Hall–Kier alpha value is -2.74. The lowest BCUT2D eigenvalue weighted by molar-refractivity contribution is -0.0506.